The molecule has 2 aromatic rings. The zero-order valence-electron chi connectivity index (χ0n) is 11.3. The summed E-state index contributed by atoms with van der Waals surface area (Å²) >= 11 is 0. The Morgan fingerprint density at radius 2 is 2.06 bits per heavy atom. The minimum absolute atomic E-state index is 0.795. The normalized spacial score (nSPS) is 11.1. The van der Waals surface area contributed by atoms with Crippen LogP contribution in [0, 0.1) is 6.92 Å². The predicted octanol–water partition coefficient (Wildman–Crippen LogP) is 1.72. The summed E-state index contributed by atoms with van der Waals surface area (Å²) in [6.45, 7) is 9.78. The minimum atomic E-state index is 0.795. The first kappa shape index (κ1) is 12.8. The van der Waals surface area contributed by atoms with E-state index in [9.17, 15) is 0 Å². The Morgan fingerprint density at radius 1 is 1.22 bits per heavy atom. The Hall–Kier alpha value is -1.62. The molecule has 0 radical (unpaired) electrons. The van der Waals surface area contributed by atoms with E-state index in [0.717, 1.165) is 31.9 Å². The van der Waals surface area contributed by atoms with E-state index in [1.54, 1.807) is 0 Å². The van der Waals surface area contributed by atoms with Crippen LogP contribution in [0.15, 0.2) is 18.5 Å². The van der Waals surface area contributed by atoms with Gasteiger partial charge in [-0.25, -0.2) is 0 Å². The maximum atomic E-state index is 4.44. The van der Waals surface area contributed by atoms with Crippen molar-refractivity contribution in [1.29, 1.82) is 0 Å². The van der Waals surface area contributed by atoms with Crippen LogP contribution in [0.3, 0.4) is 0 Å². The number of aryl methyl sites for hydroxylation is 2. The van der Waals surface area contributed by atoms with Crippen LogP contribution >= 0.6 is 0 Å². The number of rotatable bonds is 6. The van der Waals surface area contributed by atoms with Crippen LogP contribution in [0.25, 0.3) is 0 Å². The quantitative estimate of drug-likeness (QED) is 0.845. The molecule has 0 saturated heterocycles. The molecule has 0 aliphatic heterocycles. The first-order chi connectivity index (χ1) is 8.74. The lowest BCUT2D eigenvalue weighted by Crippen LogP contribution is -2.14. The van der Waals surface area contributed by atoms with Crippen molar-refractivity contribution in [3.05, 3.63) is 35.4 Å². The van der Waals surface area contributed by atoms with E-state index in [1.165, 1.54) is 11.3 Å². The lowest BCUT2D eigenvalue weighted by molar-refractivity contribution is 0.615. The third kappa shape index (κ3) is 2.79. The molecule has 0 bridgehead atoms. The van der Waals surface area contributed by atoms with Gasteiger partial charge in [0.15, 0.2) is 0 Å². The van der Waals surface area contributed by atoms with Gasteiger partial charge < -0.3 is 5.32 Å². The molecule has 0 atom stereocenters. The Kier molecular flexibility index (Phi) is 4.15. The van der Waals surface area contributed by atoms with E-state index in [-0.39, 0.29) is 0 Å². The van der Waals surface area contributed by atoms with E-state index in [4.69, 9.17) is 0 Å². The van der Waals surface area contributed by atoms with Crippen LogP contribution in [-0.4, -0.2) is 19.6 Å². The van der Waals surface area contributed by atoms with Crippen LogP contribution < -0.4 is 5.32 Å². The molecule has 0 fully saturated rings. The lowest BCUT2D eigenvalue weighted by atomic mass is 10.2. The van der Waals surface area contributed by atoms with Crippen LogP contribution in [0.5, 0.6) is 0 Å². The van der Waals surface area contributed by atoms with E-state index in [2.05, 4.69) is 42.4 Å². The second kappa shape index (κ2) is 5.82. The van der Waals surface area contributed by atoms with Gasteiger partial charge in [0.1, 0.15) is 0 Å². The topological polar surface area (TPSA) is 47.7 Å². The van der Waals surface area contributed by atoms with Crippen LogP contribution in [-0.2, 0) is 26.2 Å². The number of nitrogens with zero attached hydrogens (tertiary/aromatic N) is 4. The fourth-order valence-electron chi connectivity index (χ4n) is 1.98. The van der Waals surface area contributed by atoms with Crippen LogP contribution in [0.1, 0.15) is 30.8 Å². The first-order valence-electron chi connectivity index (χ1n) is 6.49. The van der Waals surface area contributed by atoms with Crippen LogP contribution in [0.4, 0.5) is 0 Å². The summed E-state index contributed by atoms with van der Waals surface area (Å²) in [5.41, 5.74) is 3.58. The standard InChI is InChI=1S/C13H21N5/c1-4-17-7-6-13(16-17)10-14-8-12-9-15-18(5-2)11(12)3/h6-7,9,14H,4-5,8,10H2,1-3H3. The molecule has 0 aliphatic rings. The van der Waals surface area contributed by atoms with Crippen molar-refractivity contribution in [3.63, 3.8) is 0 Å². The number of hydrogen-bond donors (Lipinski definition) is 1. The van der Waals surface area contributed by atoms with Gasteiger partial charge in [0.05, 0.1) is 11.9 Å². The highest BCUT2D eigenvalue weighted by Crippen LogP contribution is 2.06. The zero-order valence-corrected chi connectivity index (χ0v) is 11.3. The van der Waals surface area contributed by atoms with Crippen LogP contribution in [0.2, 0.25) is 0 Å². The maximum Gasteiger partial charge on any atom is 0.0762 e. The molecule has 0 saturated carbocycles. The number of hydrogen-bond acceptors (Lipinski definition) is 3. The summed E-state index contributed by atoms with van der Waals surface area (Å²) in [5.74, 6) is 0. The third-order valence-electron chi connectivity index (χ3n) is 3.15. The molecule has 1 N–H and O–H groups in total. The summed E-state index contributed by atoms with van der Waals surface area (Å²) in [6, 6.07) is 2.05. The monoisotopic (exact) mass is 247 g/mol. The summed E-state index contributed by atoms with van der Waals surface area (Å²) in [6.07, 6.45) is 3.95. The molecule has 2 aromatic heterocycles. The maximum absolute atomic E-state index is 4.44. The van der Waals surface area contributed by atoms with Crippen molar-refractivity contribution in [2.24, 2.45) is 0 Å². The lowest BCUT2D eigenvalue weighted by Gasteiger charge is -2.03. The number of nitrogens with one attached hydrogen (secondary N) is 1. The van der Waals surface area contributed by atoms with E-state index >= 15 is 0 Å². The fraction of sp³-hybridized carbons (Fsp3) is 0.538. The average Bonchev–Trinajstić information content (AvgIpc) is 2.97. The molecule has 0 amide bonds. The van der Waals surface area contributed by atoms with Crippen molar-refractivity contribution < 1.29 is 0 Å². The minimum Gasteiger partial charge on any atom is -0.307 e. The van der Waals surface area contributed by atoms with Gasteiger partial charge in [-0.2, -0.15) is 10.2 Å². The van der Waals surface area contributed by atoms with Gasteiger partial charge in [0.25, 0.3) is 0 Å². The molecular formula is C13H21N5. The van der Waals surface area contributed by atoms with Crippen molar-refractivity contribution in [2.45, 2.75) is 47.0 Å². The number of aromatic nitrogens is 4. The van der Waals surface area contributed by atoms with Gasteiger partial charge in [-0.15, -0.1) is 0 Å². The zero-order chi connectivity index (χ0) is 13.0. The van der Waals surface area contributed by atoms with Gasteiger partial charge in [-0.3, -0.25) is 9.36 Å². The summed E-state index contributed by atoms with van der Waals surface area (Å²) in [4.78, 5) is 0. The second-order valence-corrected chi connectivity index (χ2v) is 4.34. The Labute approximate surface area is 108 Å². The molecule has 0 aromatic carbocycles. The van der Waals surface area contributed by atoms with Crippen molar-refractivity contribution >= 4 is 0 Å². The molecule has 0 aliphatic carbocycles. The van der Waals surface area contributed by atoms with Crippen molar-refractivity contribution in [3.8, 4) is 0 Å². The van der Waals surface area contributed by atoms with Crippen molar-refractivity contribution in [2.75, 3.05) is 0 Å². The highest BCUT2D eigenvalue weighted by molar-refractivity contribution is 5.15. The van der Waals surface area contributed by atoms with Gasteiger partial charge in [0, 0.05) is 43.6 Å². The molecule has 5 heteroatoms. The third-order valence-corrected chi connectivity index (χ3v) is 3.15. The Bertz CT molecular complexity index is 497. The molecule has 18 heavy (non-hydrogen) atoms. The Morgan fingerprint density at radius 3 is 2.67 bits per heavy atom. The molecule has 98 valence electrons. The molecule has 0 unspecified atom stereocenters. The van der Waals surface area contributed by atoms with E-state index in [1.807, 2.05) is 21.8 Å². The predicted molar refractivity (Wildman–Crippen MR) is 71.1 cm³/mol. The van der Waals surface area contributed by atoms with E-state index < -0.39 is 0 Å². The SMILES string of the molecule is CCn1ccc(CNCc2cnn(CC)c2C)n1. The second-order valence-electron chi connectivity index (χ2n) is 4.34. The Balaban J connectivity index is 1.86. The van der Waals surface area contributed by atoms with Gasteiger partial charge in [-0.05, 0) is 26.8 Å². The summed E-state index contributed by atoms with van der Waals surface area (Å²) in [7, 11) is 0. The van der Waals surface area contributed by atoms with Gasteiger partial charge in [-0.1, -0.05) is 0 Å². The highest BCUT2D eigenvalue weighted by atomic mass is 15.3. The van der Waals surface area contributed by atoms with Crippen molar-refractivity contribution in [1.82, 2.24) is 24.9 Å². The van der Waals surface area contributed by atoms with Gasteiger partial charge in [0.2, 0.25) is 0 Å². The average molecular weight is 247 g/mol. The summed E-state index contributed by atoms with van der Waals surface area (Å²) in [5, 5.41) is 12.2. The first-order valence-corrected chi connectivity index (χ1v) is 6.49. The largest absolute Gasteiger partial charge is 0.307 e. The van der Waals surface area contributed by atoms with E-state index in [0.29, 0.717) is 0 Å². The molecule has 5 nitrogen and oxygen atoms in total. The highest BCUT2D eigenvalue weighted by Gasteiger charge is 2.04. The van der Waals surface area contributed by atoms with Gasteiger partial charge >= 0.3 is 0 Å². The molecular weight excluding hydrogens is 226 g/mol. The molecule has 2 heterocycles. The fourth-order valence-corrected chi connectivity index (χ4v) is 1.98. The summed E-state index contributed by atoms with van der Waals surface area (Å²) < 4.78 is 3.96. The smallest absolute Gasteiger partial charge is 0.0762 e. The molecule has 2 rings (SSSR count). The molecule has 0 spiro atoms.